The van der Waals surface area contributed by atoms with Gasteiger partial charge in [-0.25, -0.2) is 9.79 Å². The van der Waals surface area contributed by atoms with Crippen molar-refractivity contribution in [2.24, 2.45) is 4.99 Å². The number of ether oxygens (including phenoxy) is 1. The van der Waals surface area contributed by atoms with E-state index in [4.69, 9.17) is 27.9 Å². The Labute approximate surface area is 145 Å². The van der Waals surface area contributed by atoms with Crippen molar-refractivity contribution < 1.29 is 9.53 Å². The molecule has 2 aromatic carbocycles. The highest BCUT2D eigenvalue weighted by molar-refractivity contribution is 9.10. The summed E-state index contributed by atoms with van der Waals surface area (Å²) < 4.78 is 6.07. The van der Waals surface area contributed by atoms with Gasteiger partial charge in [-0.05, 0) is 36.4 Å². The molecule has 3 nitrogen and oxygen atoms in total. The van der Waals surface area contributed by atoms with Crippen LogP contribution in [0.4, 0.5) is 0 Å². The van der Waals surface area contributed by atoms with Crippen molar-refractivity contribution in [3.8, 4) is 0 Å². The third-order valence-electron chi connectivity index (χ3n) is 2.97. The average molecular weight is 397 g/mol. The first-order valence-electron chi connectivity index (χ1n) is 6.27. The summed E-state index contributed by atoms with van der Waals surface area (Å²) >= 11 is 15.6. The summed E-state index contributed by atoms with van der Waals surface area (Å²) in [7, 11) is 0. The minimum atomic E-state index is -0.536. The molecule has 1 aliphatic heterocycles. The highest BCUT2D eigenvalue weighted by Crippen LogP contribution is 2.29. The number of esters is 1. The van der Waals surface area contributed by atoms with Crippen LogP contribution in [0.15, 0.2) is 57.6 Å². The summed E-state index contributed by atoms with van der Waals surface area (Å²) in [6.07, 6.45) is 1.53. The molecule has 6 heteroatoms. The maximum atomic E-state index is 12.0. The Morgan fingerprint density at radius 3 is 2.45 bits per heavy atom. The molecule has 0 saturated heterocycles. The van der Waals surface area contributed by atoms with Crippen LogP contribution >= 0.6 is 39.1 Å². The number of benzene rings is 2. The van der Waals surface area contributed by atoms with Gasteiger partial charge < -0.3 is 4.74 Å². The minimum Gasteiger partial charge on any atom is -0.402 e. The van der Waals surface area contributed by atoms with E-state index in [0.29, 0.717) is 21.2 Å². The van der Waals surface area contributed by atoms with Gasteiger partial charge in [0.1, 0.15) is 0 Å². The summed E-state index contributed by atoms with van der Waals surface area (Å²) in [5, 5.41) is 0.887. The predicted octanol–water partition coefficient (Wildman–Crippen LogP) is 5.10. The molecule has 0 atom stereocenters. The second kappa shape index (κ2) is 6.24. The molecule has 1 aliphatic rings. The number of halogens is 3. The second-order valence-electron chi connectivity index (χ2n) is 4.48. The largest absolute Gasteiger partial charge is 0.402 e. The molecule has 0 radical (unpaired) electrons. The third kappa shape index (κ3) is 3.09. The van der Waals surface area contributed by atoms with Gasteiger partial charge in [-0.3, -0.25) is 0 Å². The quantitative estimate of drug-likeness (QED) is 0.523. The summed E-state index contributed by atoms with van der Waals surface area (Å²) in [5.74, 6) is -0.285. The summed E-state index contributed by atoms with van der Waals surface area (Å²) in [6.45, 7) is 0. The van der Waals surface area contributed by atoms with Crippen LogP contribution in [0.3, 0.4) is 0 Å². The Hall–Kier alpha value is -1.62. The van der Waals surface area contributed by atoms with Gasteiger partial charge in [0.2, 0.25) is 5.90 Å². The molecular weight excluding hydrogens is 389 g/mol. The lowest BCUT2D eigenvalue weighted by Gasteiger charge is -2.00. The van der Waals surface area contributed by atoms with E-state index in [0.717, 1.165) is 4.47 Å². The van der Waals surface area contributed by atoms with Crippen molar-refractivity contribution >= 4 is 57.1 Å². The zero-order valence-corrected chi connectivity index (χ0v) is 14.1. The molecule has 2 aromatic rings. The molecular formula is C16H8BrCl2NO2. The van der Waals surface area contributed by atoms with Gasteiger partial charge in [-0.2, -0.15) is 0 Å². The Bertz CT molecular complexity index is 810. The molecule has 0 saturated carbocycles. The number of carbonyl (C=O) groups is 1. The van der Waals surface area contributed by atoms with Crippen LogP contribution < -0.4 is 0 Å². The fourth-order valence-corrected chi connectivity index (χ4v) is 2.85. The van der Waals surface area contributed by atoms with Crippen molar-refractivity contribution in [3.05, 3.63) is 73.8 Å². The molecule has 22 heavy (non-hydrogen) atoms. The molecule has 0 spiro atoms. The van der Waals surface area contributed by atoms with E-state index in [9.17, 15) is 4.79 Å². The number of hydrogen-bond acceptors (Lipinski definition) is 3. The van der Waals surface area contributed by atoms with Crippen molar-refractivity contribution in [1.82, 2.24) is 0 Å². The molecule has 0 bridgehead atoms. The van der Waals surface area contributed by atoms with Crippen molar-refractivity contribution in [3.63, 3.8) is 0 Å². The first kappa shape index (κ1) is 15.3. The van der Waals surface area contributed by atoms with Crippen molar-refractivity contribution in [2.45, 2.75) is 0 Å². The maximum Gasteiger partial charge on any atom is 0.363 e. The lowest BCUT2D eigenvalue weighted by Crippen LogP contribution is -2.05. The Morgan fingerprint density at radius 2 is 1.77 bits per heavy atom. The molecule has 0 unspecified atom stereocenters. The highest BCUT2D eigenvalue weighted by atomic mass is 79.9. The van der Waals surface area contributed by atoms with Gasteiger partial charge in [0.25, 0.3) is 0 Å². The monoisotopic (exact) mass is 395 g/mol. The van der Waals surface area contributed by atoms with E-state index >= 15 is 0 Å². The number of carbonyl (C=O) groups excluding carboxylic acids is 1. The fourth-order valence-electron chi connectivity index (χ4n) is 1.94. The van der Waals surface area contributed by atoms with Crippen LogP contribution in [-0.2, 0) is 9.53 Å². The standard InChI is InChI=1S/C16H8BrCl2NO2/c17-10-4-1-3-9(7-10)15-20-14(16(21)22-15)8-11-12(18)5-2-6-13(11)19/h1-8H/b14-8-. The Kier molecular flexibility index (Phi) is 4.34. The number of nitrogens with zero attached hydrogens (tertiary/aromatic N) is 1. The van der Waals surface area contributed by atoms with Crippen LogP contribution in [0, 0.1) is 0 Å². The smallest absolute Gasteiger partial charge is 0.363 e. The molecule has 0 N–H and O–H groups in total. The van der Waals surface area contributed by atoms with Gasteiger partial charge in [-0.15, -0.1) is 0 Å². The number of aliphatic imine (C=N–C) groups is 1. The fraction of sp³-hybridized carbons (Fsp3) is 0. The van der Waals surface area contributed by atoms with Crippen LogP contribution in [0.1, 0.15) is 11.1 Å². The Morgan fingerprint density at radius 1 is 1.09 bits per heavy atom. The first-order valence-corrected chi connectivity index (χ1v) is 7.82. The Balaban J connectivity index is 2.02. The molecule has 1 heterocycles. The van der Waals surface area contributed by atoms with Crippen molar-refractivity contribution in [2.75, 3.05) is 0 Å². The highest BCUT2D eigenvalue weighted by Gasteiger charge is 2.24. The summed E-state index contributed by atoms with van der Waals surface area (Å²) in [6, 6.07) is 12.5. The van der Waals surface area contributed by atoms with E-state index in [1.165, 1.54) is 6.08 Å². The number of cyclic esters (lactones) is 1. The summed E-state index contributed by atoms with van der Waals surface area (Å²) in [5.41, 5.74) is 1.40. The molecule has 110 valence electrons. The average Bonchev–Trinajstić information content (AvgIpc) is 2.84. The van der Waals surface area contributed by atoms with Crippen LogP contribution in [-0.4, -0.2) is 11.9 Å². The molecule has 3 rings (SSSR count). The van der Waals surface area contributed by atoms with Crippen LogP contribution in [0.5, 0.6) is 0 Å². The van der Waals surface area contributed by atoms with Gasteiger partial charge in [-0.1, -0.05) is 51.3 Å². The third-order valence-corrected chi connectivity index (χ3v) is 4.13. The predicted molar refractivity (Wildman–Crippen MR) is 91.2 cm³/mol. The van der Waals surface area contributed by atoms with Crippen molar-refractivity contribution in [1.29, 1.82) is 0 Å². The summed E-state index contributed by atoms with van der Waals surface area (Å²) in [4.78, 5) is 16.2. The van der Waals surface area contributed by atoms with Gasteiger partial charge in [0.15, 0.2) is 5.70 Å². The van der Waals surface area contributed by atoms with Gasteiger partial charge in [0, 0.05) is 25.6 Å². The molecule has 0 aromatic heterocycles. The van der Waals surface area contributed by atoms with Gasteiger partial charge >= 0.3 is 5.97 Å². The zero-order chi connectivity index (χ0) is 15.7. The minimum absolute atomic E-state index is 0.157. The van der Waals surface area contributed by atoms with Crippen LogP contribution in [0.2, 0.25) is 10.0 Å². The first-order chi connectivity index (χ1) is 10.5. The molecule has 0 aliphatic carbocycles. The number of rotatable bonds is 2. The lowest BCUT2D eigenvalue weighted by atomic mass is 10.2. The van der Waals surface area contributed by atoms with E-state index in [-0.39, 0.29) is 11.6 Å². The second-order valence-corrected chi connectivity index (χ2v) is 6.21. The lowest BCUT2D eigenvalue weighted by molar-refractivity contribution is -0.129. The molecule has 0 fully saturated rings. The van der Waals surface area contributed by atoms with Crippen LogP contribution in [0.25, 0.3) is 6.08 Å². The normalized spacial score (nSPS) is 15.9. The van der Waals surface area contributed by atoms with Gasteiger partial charge in [0.05, 0.1) is 0 Å². The van der Waals surface area contributed by atoms with E-state index in [1.54, 1.807) is 18.2 Å². The maximum absolute atomic E-state index is 12.0. The topological polar surface area (TPSA) is 38.7 Å². The zero-order valence-electron chi connectivity index (χ0n) is 11.0. The number of hydrogen-bond donors (Lipinski definition) is 0. The van der Waals surface area contributed by atoms with E-state index in [1.807, 2.05) is 24.3 Å². The SMILES string of the molecule is O=C1OC(c2cccc(Br)c2)=N/C1=C\c1c(Cl)cccc1Cl. The van der Waals surface area contributed by atoms with E-state index in [2.05, 4.69) is 20.9 Å². The van der Waals surface area contributed by atoms with E-state index < -0.39 is 5.97 Å². The molecule has 0 amide bonds.